The molecule has 6 heteroatoms. The van der Waals surface area contributed by atoms with E-state index in [2.05, 4.69) is 0 Å². The Morgan fingerprint density at radius 3 is 2.66 bits per heavy atom. The van der Waals surface area contributed by atoms with Crippen molar-refractivity contribution in [3.8, 4) is 17.2 Å². The zero-order chi connectivity index (χ0) is 20.8. The van der Waals surface area contributed by atoms with Crippen molar-refractivity contribution in [1.82, 2.24) is 0 Å². The maximum Gasteiger partial charge on any atom is 0.344 e. The molecular weight excluding hydrogens is 372 g/mol. The van der Waals surface area contributed by atoms with Crippen molar-refractivity contribution in [1.29, 1.82) is 0 Å². The lowest BCUT2D eigenvalue weighted by molar-refractivity contribution is -0.150. The largest absolute Gasteiger partial charge is 0.482 e. The smallest absolute Gasteiger partial charge is 0.344 e. The van der Waals surface area contributed by atoms with Gasteiger partial charge in [0, 0.05) is 6.07 Å². The lowest BCUT2D eigenvalue weighted by Gasteiger charge is -2.12. The fourth-order valence-electron chi connectivity index (χ4n) is 2.75. The molecule has 0 spiro atoms. The molecule has 29 heavy (non-hydrogen) atoms. The van der Waals surface area contributed by atoms with Gasteiger partial charge in [-0.1, -0.05) is 32.0 Å². The topological polar surface area (TPSA) is 75.0 Å². The summed E-state index contributed by atoms with van der Waals surface area (Å²) in [7, 11) is 0. The molecule has 2 aromatic carbocycles. The Kier molecular flexibility index (Phi) is 6.54. The van der Waals surface area contributed by atoms with Crippen molar-refractivity contribution in [2.45, 2.75) is 39.7 Å². The van der Waals surface area contributed by atoms with E-state index in [1.165, 1.54) is 6.26 Å². The van der Waals surface area contributed by atoms with Crippen molar-refractivity contribution >= 4 is 16.9 Å². The Labute approximate surface area is 169 Å². The van der Waals surface area contributed by atoms with Gasteiger partial charge in [0.05, 0.1) is 11.5 Å². The van der Waals surface area contributed by atoms with Gasteiger partial charge in [-0.05, 0) is 43.5 Å². The van der Waals surface area contributed by atoms with Crippen LogP contribution in [0, 0.1) is 0 Å². The Morgan fingerprint density at radius 2 is 1.90 bits per heavy atom. The summed E-state index contributed by atoms with van der Waals surface area (Å²) in [5, 5.41) is 0.367. The van der Waals surface area contributed by atoms with Crippen molar-refractivity contribution in [2.24, 2.45) is 0 Å². The molecule has 0 aliphatic carbocycles. The fourth-order valence-corrected chi connectivity index (χ4v) is 2.75. The first-order valence-electron chi connectivity index (χ1n) is 9.65. The van der Waals surface area contributed by atoms with E-state index in [4.69, 9.17) is 18.6 Å². The van der Waals surface area contributed by atoms with Gasteiger partial charge < -0.3 is 18.6 Å². The summed E-state index contributed by atoms with van der Waals surface area (Å²) in [4.78, 5) is 24.5. The highest BCUT2D eigenvalue weighted by Crippen LogP contribution is 2.26. The van der Waals surface area contributed by atoms with Crippen molar-refractivity contribution in [3.05, 3.63) is 64.5 Å². The molecule has 0 bridgehead atoms. The van der Waals surface area contributed by atoms with Gasteiger partial charge in [0.15, 0.2) is 6.61 Å². The highest BCUT2D eigenvalue weighted by molar-refractivity contribution is 5.79. The number of hydrogen-bond donors (Lipinski definition) is 0. The van der Waals surface area contributed by atoms with E-state index in [1.807, 2.05) is 45.0 Å². The minimum absolute atomic E-state index is 0.115. The molecule has 3 rings (SSSR count). The summed E-state index contributed by atoms with van der Waals surface area (Å²) in [6.07, 6.45) is 2.66. The fraction of sp³-hybridized carbons (Fsp3) is 0.304. The van der Waals surface area contributed by atoms with Gasteiger partial charge >= 0.3 is 5.97 Å². The minimum atomic E-state index is -0.445. The molecule has 0 saturated heterocycles. The summed E-state index contributed by atoms with van der Waals surface area (Å²) in [6, 6.07) is 12.3. The van der Waals surface area contributed by atoms with Gasteiger partial charge in [-0.2, -0.15) is 0 Å². The van der Waals surface area contributed by atoms with E-state index in [0.29, 0.717) is 22.5 Å². The molecule has 3 aromatic rings. The van der Waals surface area contributed by atoms with Crippen LogP contribution in [0.15, 0.2) is 57.9 Å². The molecule has 0 radical (unpaired) electrons. The molecular formula is C23H24O6. The number of esters is 1. The van der Waals surface area contributed by atoms with Crippen molar-refractivity contribution < 1.29 is 23.4 Å². The summed E-state index contributed by atoms with van der Waals surface area (Å²) >= 11 is 0. The molecule has 6 nitrogen and oxygen atoms in total. The average molecular weight is 396 g/mol. The Balaban J connectivity index is 1.77. The maximum absolute atomic E-state index is 12.8. The predicted molar refractivity (Wildman–Crippen MR) is 110 cm³/mol. The van der Waals surface area contributed by atoms with Crippen molar-refractivity contribution in [2.75, 3.05) is 6.61 Å². The zero-order valence-corrected chi connectivity index (χ0v) is 16.8. The number of fused-ring (bicyclic) bond motifs is 1. The molecule has 152 valence electrons. The van der Waals surface area contributed by atoms with Gasteiger partial charge in [0.1, 0.15) is 23.3 Å². The predicted octanol–water partition coefficient (Wildman–Crippen LogP) is 4.87. The van der Waals surface area contributed by atoms with E-state index in [0.717, 1.165) is 18.4 Å². The van der Waals surface area contributed by atoms with Gasteiger partial charge in [-0.25, -0.2) is 4.79 Å². The van der Waals surface area contributed by atoms with Gasteiger partial charge in [-0.15, -0.1) is 0 Å². The number of para-hydroxylation sites is 1. The monoisotopic (exact) mass is 396 g/mol. The minimum Gasteiger partial charge on any atom is -0.482 e. The molecule has 0 aliphatic heterocycles. The van der Waals surface area contributed by atoms with Crippen molar-refractivity contribution in [3.63, 3.8) is 0 Å². The number of ether oxygens (including phenoxy) is 3. The highest BCUT2D eigenvalue weighted by atomic mass is 16.6. The van der Waals surface area contributed by atoms with Crippen LogP contribution < -0.4 is 14.9 Å². The highest BCUT2D eigenvalue weighted by Gasteiger charge is 2.13. The molecule has 1 atom stereocenters. The first-order valence-corrected chi connectivity index (χ1v) is 9.65. The van der Waals surface area contributed by atoms with Gasteiger partial charge in [-0.3, -0.25) is 4.79 Å². The van der Waals surface area contributed by atoms with Crippen LogP contribution in [0.1, 0.15) is 32.8 Å². The van der Waals surface area contributed by atoms with Crippen LogP contribution in [0.2, 0.25) is 0 Å². The first-order chi connectivity index (χ1) is 14.0. The Hall–Kier alpha value is -3.28. The number of carbonyl (C=O) groups is 1. The normalized spacial score (nSPS) is 11.8. The maximum atomic E-state index is 12.8. The number of aryl methyl sites for hydroxylation is 1. The van der Waals surface area contributed by atoms with E-state index < -0.39 is 5.97 Å². The Morgan fingerprint density at radius 1 is 1.10 bits per heavy atom. The summed E-state index contributed by atoms with van der Waals surface area (Å²) in [5.41, 5.74) is 1.07. The molecule has 0 amide bonds. The van der Waals surface area contributed by atoms with Gasteiger partial charge in [0.25, 0.3) is 0 Å². The Bertz CT molecular complexity index is 1050. The van der Waals surface area contributed by atoms with Gasteiger partial charge in [0.2, 0.25) is 11.2 Å². The second kappa shape index (κ2) is 9.28. The van der Waals surface area contributed by atoms with E-state index in [-0.39, 0.29) is 23.9 Å². The van der Waals surface area contributed by atoms with Crippen LogP contribution in [-0.4, -0.2) is 18.7 Å². The molecule has 0 unspecified atom stereocenters. The zero-order valence-electron chi connectivity index (χ0n) is 16.8. The van der Waals surface area contributed by atoms with E-state index in [1.54, 1.807) is 18.2 Å². The third-order valence-electron chi connectivity index (χ3n) is 4.55. The molecule has 0 N–H and O–H groups in total. The number of carbonyl (C=O) groups excluding carboxylic acids is 1. The van der Waals surface area contributed by atoms with Crippen LogP contribution in [0.5, 0.6) is 17.2 Å². The molecule has 0 aliphatic rings. The standard InChI is InChI=1S/C23H24O6/c1-4-15(3)28-22(24)14-26-17-10-11-18-20(12-17)27-13-21(23(18)25)29-19-9-7-6-8-16(19)5-2/h6-13,15H,4-5,14H2,1-3H3/t15-/m0/s1. The van der Waals surface area contributed by atoms with Crippen LogP contribution in [-0.2, 0) is 16.0 Å². The van der Waals surface area contributed by atoms with Crippen LogP contribution in [0.25, 0.3) is 11.0 Å². The average Bonchev–Trinajstić information content (AvgIpc) is 2.74. The SMILES string of the molecule is CCc1ccccc1Oc1coc2cc(OCC(=O)O[C@@H](C)CC)ccc2c1=O. The lowest BCUT2D eigenvalue weighted by atomic mass is 10.1. The van der Waals surface area contributed by atoms with Crippen LogP contribution >= 0.6 is 0 Å². The third kappa shape index (κ3) is 4.96. The number of benzene rings is 2. The second-order valence-corrected chi connectivity index (χ2v) is 6.65. The van der Waals surface area contributed by atoms with E-state index >= 15 is 0 Å². The number of rotatable bonds is 8. The van der Waals surface area contributed by atoms with Crippen LogP contribution in [0.3, 0.4) is 0 Å². The van der Waals surface area contributed by atoms with E-state index in [9.17, 15) is 9.59 Å². The third-order valence-corrected chi connectivity index (χ3v) is 4.55. The summed E-state index contributed by atoms with van der Waals surface area (Å²) in [5.74, 6) is 0.705. The lowest BCUT2D eigenvalue weighted by Crippen LogP contribution is -2.20. The summed E-state index contributed by atoms with van der Waals surface area (Å²) < 4.78 is 22.0. The number of hydrogen-bond acceptors (Lipinski definition) is 6. The summed E-state index contributed by atoms with van der Waals surface area (Å²) in [6.45, 7) is 5.56. The molecule has 0 saturated carbocycles. The second-order valence-electron chi connectivity index (χ2n) is 6.65. The molecule has 1 heterocycles. The van der Waals surface area contributed by atoms with Crippen LogP contribution in [0.4, 0.5) is 0 Å². The first kappa shape index (κ1) is 20.5. The molecule has 0 fully saturated rings. The molecule has 1 aromatic heterocycles. The quantitative estimate of drug-likeness (QED) is 0.506.